The number of fused-ring (bicyclic) bond motifs is 1. The minimum atomic E-state index is 0.123. The Morgan fingerprint density at radius 2 is 2.16 bits per heavy atom. The predicted molar refractivity (Wildman–Crippen MR) is 82.0 cm³/mol. The Balaban J connectivity index is 2.78. The number of aryl methyl sites for hydroxylation is 1. The maximum Gasteiger partial charge on any atom is 0.153 e. The highest BCUT2D eigenvalue weighted by Gasteiger charge is 2.30. The van der Waals surface area contributed by atoms with Crippen molar-refractivity contribution in [2.24, 2.45) is 10.7 Å². The first kappa shape index (κ1) is 13.9. The molecule has 0 amide bonds. The molecule has 0 bridgehead atoms. The van der Waals surface area contributed by atoms with Crippen molar-refractivity contribution in [3.05, 3.63) is 28.0 Å². The minimum Gasteiger partial charge on any atom is -0.398 e. The van der Waals surface area contributed by atoms with E-state index in [1.807, 2.05) is 27.0 Å². The van der Waals surface area contributed by atoms with Gasteiger partial charge < -0.3 is 10.6 Å². The van der Waals surface area contributed by atoms with E-state index >= 15 is 0 Å². The third kappa shape index (κ3) is 2.10. The van der Waals surface area contributed by atoms with Crippen LogP contribution in [0.25, 0.3) is 5.70 Å². The molecule has 0 aromatic carbocycles. The Morgan fingerprint density at radius 1 is 1.53 bits per heavy atom. The molecule has 2 heterocycles. The second kappa shape index (κ2) is 4.85. The van der Waals surface area contributed by atoms with Crippen LogP contribution in [0.5, 0.6) is 0 Å². The van der Waals surface area contributed by atoms with E-state index in [-0.39, 0.29) is 6.04 Å². The molecule has 2 N–H and O–H groups in total. The third-order valence-electron chi connectivity index (χ3n) is 3.74. The van der Waals surface area contributed by atoms with Gasteiger partial charge in [0.05, 0.1) is 11.7 Å². The molecule has 0 saturated carbocycles. The van der Waals surface area contributed by atoms with Crippen molar-refractivity contribution in [2.75, 3.05) is 19.0 Å². The minimum absolute atomic E-state index is 0.123. The molecule has 0 radical (unpaired) electrons. The summed E-state index contributed by atoms with van der Waals surface area (Å²) in [7, 11) is 3.78. The molecule has 1 aliphatic rings. The van der Waals surface area contributed by atoms with Crippen molar-refractivity contribution in [2.45, 2.75) is 26.8 Å². The smallest absolute Gasteiger partial charge is 0.153 e. The second-order valence-corrected chi connectivity index (χ2v) is 5.23. The van der Waals surface area contributed by atoms with Crippen LogP contribution in [-0.2, 0) is 0 Å². The monoisotopic (exact) mass is 278 g/mol. The van der Waals surface area contributed by atoms with Crippen molar-refractivity contribution >= 4 is 28.7 Å². The van der Waals surface area contributed by atoms with E-state index in [2.05, 4.69) is 21.8 Å². The molecule has 4 nitrogen and oxygen atoms in total. The summed E-state index contributed by atoms with van der Waals surface area (Å²) in [5.74, 6) is 0. The zero-order valence-electron chi connectivity index (χ0n) is 12.0. The van der Waals surface area contributed by atoms with E-state index in [1.54, 1.807) is 7.05 Å². The molecule has 0 spiro atoms. The van der Waals surface area contributed by atoms with Gasteiger partial charge >= 0.3 is 0 Å². The zero-order chi connectivity index (χ0) is 14.3. The topological polar surface area (TPSA) is 54.5 Å². The zero-order valence-corrected chi connectivity index (χ0v) is 12.7. The van der Waals surface area contributed by atoms with Gasteiger partial charge in [0.2, 0.25) is 0 Å². The first-order valence-electron chi connectivity index (χ1n) is 6.22. The van der Waals surface area contributed by atoms with Gasteiger partial charge in [-0.05, 0) is 26.8 Å². The fraction of sp³-hybridized carbons (Fsp3) is 0.429. The standard InChI is InChI=1S/C14H19ClN4/c1-7-6-10-12(16)11(8(2)17-4)9(3)19(5)13(10)14(15)18-7/h6,9H,16H2,1-5H3. The van der Waals surface area contributed by atoms with Gasteiger partial charge in [0, 0.05) is 42.3 Å². The number of halogens is 1. The number of nitrogens with two attached hydrogens (primary N) is 1. The molecule has 0 fully saturated rings. The van der Waals surface area contributed by atoms with E-state index in [4.69, 9.17) is 17.3 Å². The van der Waals surface area contributed by atoms with E-state index in [0.29, 0.717) is 5.15 Å². The highest BCUT2D eigenvalue weighted by molar-refractivity contribution is 6.32. The quantitative estimate of drug-likeness (QED) is 0.635. The molecule has 0 aliphatic carbocycles. The molecule has 2 rings (SSSR count). The first-order valence-corrected chi connectivity index (χ1v) is 6.60. The lowest BCUT2D eigenvalue weighted by Crippen LogP contribution is -2.39. The fourth-order valence-corrected chi connectivity index (χ4v) is 2.91. The lowest BCUT2D eigenvalue weighted by Gasteiger charge is -2.36. The van der Waals surface area contributed by atoms with Crippen LogP contribution in [-0.4, -0.2) is 30.8 Å². The van der Waals surface area contributed by atoms with Gasteiger partial charge in [-0.25, -0.2) is 4.98 Å². The van der Waals surface area contributed by atoms with Crippen LogP contribution in [0.4, 0.5) is 5.69 Å². The van der Waals surface area contributed by atoms with Crippen LogP contribution < -0.4 is 10.6 Å². The average Bonchev–Trinajstić information content (AvgIpc) is 2.35. The largest absolute Gasteiger partial charge is 0.398 e. The molecular formula is C14H19ClN4. The van der Waals surface area contributed by atoms with Crippen molar-refractivity contribution in [1.29, 1.82) is 0 Å². The highest BCUT2D eigenvalue weighted by atomic mass is 35.5. The van der Waals surface area contributed by atoms with E-state index in [0.717, 1.165) is 33.9 Å². The van der Waals surface area contributed by atoms with Gasteiger partial charge in [-0.1, -0.05) is 11.6 Å². The summed E-state index contributed by atoms with van der Waals surface area (Å²) in [4.78, 5) is 10.7. The van der Waals surface area contributed by atoms with Crippen LogP contribution in [0.3, 0.4) is 0 Å². The summed E-state index contributed by atoms with van der Waals surface area (Å²) < 4.78 is 0. The van der Waals surface area contributed by atoms with E-state index < -0.39 is 0 Å². The van der Waals surface area contributed by atoms with Crippen LogP contribution >= 0.6 is 11.6 Å². The Morgan fingerprint density at radius 3 is 2.74 bits per heavy atom. The molecule has 1 aromatic rings. The molecule has 1 aliphatic heterocycles. The van der Waals surface area contributed by atoms with Crippen molar-refractivity contribution < 1.29 is 0 Å². The van der Waals surface area contributed by atoms with E-state index in [9.17, 15) is 0 Å². The van der Waals surface area contributed by atoms with Crippen LogP contribution in [0.1, 0.15) is 25.1 Å². The number of nitrogens with zero attached hydrogens (tertiary/aromatic N) is 3. The molecule has 102 valence electrons. The van der Waals surface area contributed by atoms with Crippen LogP contribution in [0.2, 0.25) is 5.15 Å². The SMILES string of the molecule is CN=C(C)C1=C(N)c2cc(C)nc(Cl)c2N(C)C1C. The maximum atomic E-state index is 6.34. The molecule has 0 saturated heterocycles. The van der Waals surface area contributed by atoms with Gasteiger partial charge in [-0.15, -0.1) is 0 Å². The second-order valence-electron chi connectivity index (χ2n) is 4.87. The number of likely N-dealkylation sites (N-methyl/N-ethyl adjacent to an activating group) is 1. The summed E-state index contributed by atoms with van der Waals surface area (Å²) in [5.41, 5.74) is 11.8. The van der Waals surface area contributed by atoms with Gasteiger partial charge in [-0.3, -0.25) is 4.99 Å². The number of anilines is 1. The van der Waals surface area contributed by atoms with Crippen molar-refractivity contribution in [3.8, 4) is 0 Å². The highest BCUT2D eigenvalue weighted by Crippen LogP contribution is 2.39. The predicted octanol–water partition coefficient (Wildman–Crippen LogP) is 2.64. The number of hydrogen-bond donors (Lipinski definition) is 1. The molecule has 1 aromatic heterocycles. The molecule has 1 atom stereocenters. The van der Waals surface area contributed by atoms with Crippen molar-refractivity contribution in [3.63, 3.8) is 0 Å². The van der Waals surface area contributed by atoms with Crippen molar-refractivity contribution in [1.82, 2.24) is 4.98 Å². The first-order chi connectivity index (χ1) is 8.88. The maximum absolute atomic E-state index is 6.34. The average molecular weight is 279 g/mol. The molecule has 5 heteroatoms. The Labute approximate surface area is 119 Å². The Bertz CT molecular complexity index is 589. The lowest BCUT2D eigenvalue weighted by molar-refractivity contribution is 0.786. The normalized spacial score (nSPS) is 19.8. The fourth-order valence-electron chi connectivity index (χ4n) is 2.54. The summed E-state index contributed by atoms with van der Waals surface area (Å²) in [6.45, 7) is 5.99. The van der Waals surface area contributed by atoms with E-state index in [1.165, 1.54) is 0 Å². The number of aromatic nitrogens is 1. The van der Waals surface area contributed by atoms with Gasteiger partial charge in [-0.2, -0.15) is 0 Å². The Kier molecular flexibility index (Phi) is 3.54. The third-order valence-corrected chi connectivity index (χ3v) is 4.00. The van der Waals surface area contributed by atoms with Gasteiger partial charge in [0.25, 0.3) is 0 Å². The lowest BCUT2D eigenvalue weighted by atomic mass is 9.91. The van der Waals surface area contributed by atoms with Crippen LogP contribution in [0.15, 0.2) is 16.6 Å². The summed E-state index contributed by atoms with van der Waals surface area (Å²) in [5, 5.41) is 0.498. The Hall–Kier alpha value is -1.55. The number of hydrogen-bond acceptors (Lipinski definition) is 4. The molecule has 19 heavy (non-hydrogen) atoms. The number of rotatable bonds is 1. The summed E-state index contributed by atoms with van der Waals surface area (Å²) in [6, 6.07) is 2.10. The van der Waals surface area contributed by atoms with Crippen LogP contribution in [0, 0.1) is 6.92 Å². The summed E-state index contributed by atoms with van der Waals surface area (Å²) in [6.07, 6.45) is 0. The summed E-state index contributed by atoms with van der Waals surface area (Å²) >= 11 is 6.27. The number of pyridine rings is 1. The van der Waals surface area contributed by atoms with Gasteiger partial charge in [0.15, 0.2) is 5.15 Å². The molecule has 1 unspecified atom stereocenters. The molecular weight excluding hydrogens is 260 g/mol. The number of aliphatic imine (C=N–C) groups is 1. The van der Waals surface area contributed by atoms with Gasteiger partial charge in [0.1, 0.15) is 0 Å².